The van der Waals surface area contributed by atoms with Gasteiger partial charge in [-0.05, 0) is 54.8 Å². The molecule has 2 aromatic heterocycles. The monoisotopic (exact) mass is 491 g/mol. The molecule has 0 radical (unpaired) electrons. The quantitative estimate of drug-likeness (QED) is 0.262. The summed E-state index contributed by atoms with van der Waals surface area (Å²) < 4.78 is 6.87. The summed E-state index contributed by atoms with van der Waals surface area (Å²) >= 11 is 0. The van der Waals surface area contributed by atoms with Crippen LogP contribution in [-0.2, 0) is 11.3 Å². The number of benzene rings is 1. The third-order valence-corrected chi connectivity index (χ3v) is 6.18. The zero-order chi connectivity index (χ0) is 25.3. The Morgan fingerprint density at radius 1 is 1.33 bits per heavy atom. The highest BCUT2D eigenvalue weighted by atomic mass is 16.6. The number of ether oxygens (including phenoxy) is 1. The topological polar surface area (TPSA) is 128 Å². The molecule has 11 heteroatoms. The molecule has 11 nitrogen and oxygen atoms in total. The minimum Gasteiger partial charge on any atom is -0.496 e. The van der Waals surface area contributed by atoms with Gasteiger partial charge in [0.2, 0.25) is 5.91 Å². The normalized spacial score (nSPS) is 16.2. The Hall–Kier alpha value is -4.12. The van der Waals surface area contributed by atoms with Crippen molar-refractivity contribution in [3.8, 4) is 5.75 Å². The summed E-state index contributed by atoms with van der Waals surface area (Å²) in [7, 11) is 1.56. The van der Waals surface area contributed by atoms with Crippen molar-refractivity contribution in [2.75, 3.05) is 20.2 Å². The van der Waals surface area contributed by atoms with E-state index in [9.17, 15) is 14.9 Å². The standard InChI is InChI=1S/C25H29N7O4/c1-36-24-8-7-19(13-21(24)17-31-18-22(16-28-31)32(34)35)14-27-29-25(33)9-12-30-11-3-2-6-23(30)20-5-4-10-26-15-20/h4-5,7-8,10,13-16,18,23H,2-3,6,9,11-12,17H2,1H3,(H,29,33)/b27-14-/t23-/m0/s1. The number of carbonyl (C=O) groups excluding carboxylic acids is 1. The molecule has 1 aliphatic heterocycles. The van der Waals surface area contributed by atoms with Crippen LogP contribution in [0.15, 0.2) is 60.2 Å². The summed E-state index contributed by atoms with van der Waals surface area (Å²) in [6.45, 7) is 1.91. The van der Waals surface area contributed by atoms with Gasteiger partial charge in [0.1, 0.15) is 18.1 Å². The lowest BCUT2D eigenvalue weighted by molar-refractivity contribution is -0.385. The second-order valence-corrected chi connectivity index (χ2v) is 8.60. The van der Waals surface area contributed by atoms with Gasteiger partial charge in [-0.2, -0.15) is 10.2 Å². The first-order valence-electron chi connectivity index (χ1n) is 11.8. The number of methoxy groups -OCH3 is 1. The molecular formula is C25H29N7O4. The van der Waals surface area contributed by atoms with Gasteiger partial charge in [0.05, 0.1) is 24.8 Å². The zero-order valence-corrected chi connectivity index (χ0v) is 20.1. The van der Waals surface area contributed by atoms with Crippen molar-refractivity contribution in [1.29, 1.82) is 0 Å². The average Bonchev–Trinajstić information content (AvgIpc) is 3.37. The number of nitrogens with one attached hydrogen (secondary N) is 1. The van der Waals surface area contributed by atoms with Gasteiger partial charge >= 0.3 is 5.69 Å². The van der Waals surface area contributed by atoms with Crippen molar-refractivity contribution in [3.63, 3.8) is 0 Å². The lowest BCUT2D eigenvalue weighted by Crippen LogP contribution is -2.36. The summed E-state index contributed by atoms with van der Waals surface area (Å²) in [5.41, 5.74) is 5.24. The molecule has 3 heterocycles. The zero-order valence-electron chi connectivity index (χ0n) is 20.1. The van der Waals surface area contributed by atoms with Crippen molar-refractivity contribution < 1.29 is 14.5 Å². The SMILES string of the molecule is COc1ccc(/C=N\NC(=O)CCN2CCCC[C@H]2c2cccnc2)cc1Cn1cc([N+](=O)[O-])cn1. The minimum atomic E-state index is -0.489. The molecule has 3 aromatic rings. The van der Waals surface area contributed by atoms with E-state index in [1.807, 2.05) is 24.4 Å². The number of rotatable bonds is 10. The van der Waals surface area contributed by atoms with E-state index in [-0.39, 0.29) is 17.6 Å². The Morgan fingerprint density at radius 3 is 2.97 bits per heavy atom. The van der Waals surface area contributed by atoms with Crippen LogP contribution in [0, 0.1) is 10.1 Å². The molecule has 1 amide bonds. The third kappa shape index (κ3) is 6.51. The first-order chi connectivity index (χ1) is 17.5. The van der Waals surface area contributed by atoms with Crippen molar-refractivity contribution >= 4 is 17.8 Å². The number of likely N-dealkylation sites (tertiary alicyclic amines) is 1. The summed E-state index contributed by atoms with van der Waals surface area (Å²) in [6.07, 6.45) is 11.5. The molecule has 0 saturated carbocycles. The molecule has 1 aliphatic rings. The number of pyridine rings is 1. The van der Waals surface area contributed by atoms with Crippen LogP contribution in [0.25, 0.3) is 0 Å². The second-order valence-electron chi connectivity index (χ2n) is 8.60. The number of aromatic nitrogens is 3. The fourth-order valence-electron chi connectivity index (χ4n) is 4.40. The van der Waals surface area contributed by atoms with Gasteiger partial charge in [0, 0.05) is 37.0 Å². The van der Waals surface area contributed by atoms with E-state index in [2.05, 4.69) is 31.6 Å². The van der Waals surface area contributed by atoms with E-state index in [0.717, 1.165) is 30.5 Å². The summed E-state index contributed by atoms with van der Waals surface area (Å²) in [5, 5.41) is 19.0. The number of carbonyl (C=O) groups is 1. The predicted molar refractivity (Wildman–Crippen MR) is 134 cm³/mol. The molecule has 188 valence electrons. The van der Waals surface area contributed by atoms with E-state index in [4.69, 9.17) is 4.74 Å². The maximum atomic E-state index is 12.4. The van der Waals surface area contributed by atoms with Crippen molar-refractivity contribution in [1.82, 2.24) is 25.1 Å². The molecule has 1 fully saturated rings. The Kier molecular flexibility index (Phi) is 8.35. The largest absolute Gasteiger partial charge is 0.496 e. The maximum absolute atomic E-state index is 12.4. The molecule has 0 bridgehead atoms. The predicted octanol–water partition coefficient (Wildman–Crippen LogP) is 3.31. The van der Waals surface area contributed by atoms with Crippen LogP contribution >= 0.6 is 0 Å². The number of hydrogen-bond donors (Lipinski definition) is 1. The summed E-state index contributed by atoms with van der Waals surface area (Å²) in [5.74, 6) is 0.471. The number of hydrazone groups is 1. The molecule has 36 heavy (non-hydrogen) atoms. The highest BCUT2D eigenvalue weighted by Crippen LogP contribution is 2.30. The van der Waals surface area contributed by atoms with Crippen LogP contribution in [0.4, 0.5) is 5.69 Å². The fraction of sp³-hybridized carbons (Fsp3) is 0.360. The van der Waals surface area contributed by atoms with E-state index in [0.29, 0.717) is 25.3 Å². The lowest BCUT2D eigenvalue weighted by atomic mass is 9.96. The van der Waals surface area contributed by atoms with Crippen LogP contribution in [-0.4, -0.2) is 56.9 Å². The van der Waals surface area contributed by atoms with Crippen molar-refractivity contribution in [2.45, 2.75) is 38.3 Å². The van der Waals surface area contributed by atoms with E-state index >= 15 is 0 Å². The number of nitrogens with zero attached hydrogens (tertiary/aromatic N) is 6. The molecule has 0 aliphatic carbocycles. The third-order valence-electron chi connectivity index (χ3n) is 6.18. The molecule has 4 rings (SSSR count). The minimum absolute atomic E-state index is 0.0781. The molecule has 1 saturated heterocycles. The van der Waals surface area contributed by atoms with Crippen LogP contribution in [0.1, 0.15) is 48.4 Å². The number of hydrogen-bond acceptors (Lipinski definition) is 8. The van der Waals surface area contributed by atoms with Crippen LogP contribution in [0.2, 0.25) is 0 Å². The Morgan fingerprint density at radius 2 is 2.22 bits per heavy atom. The number of amides is 1. The van der Waals surface area contributed by atoms with E-state index in [1.165, 1.54) is 29.1 Å². The Bertz CT molecular complexity index is 1210. The Balaban J connectivity index is 1.32. The van der Waals surface area contributed by atoms with Gasteiger partial charge in [0.25, 0.3) is 0 Å². The summed E-state index contributed by atoms with van der Waals surface area (Å²) in [4.78, 5) is 29.4. The highest BCUT2D eigenvalue weighted by Gasteiger charge is 2.24. The van der Waals surface area contributed by atoms with Gasteiger partial charge in [-0.25, -0.2) is 5.43 Å². The Labute approximate surface area is 208 Å². The fourth-order valence-corrected chi connectivity index (χ4v) is 4.40. The molecule has 0 spiro atoms. The van der Waals surface area contributed by atoms with Crippen LogP contribution in [0.5, 0.6) is 5.75 Å². The van der Waals surface area contributed by atoms with Crippen LogP contribution < -0.4 is 10.2 Å². The second kappa shape index (κ2) is 12.0. The number of nitro groups is 1. The maximum Gasteiger partial charge on any atom is 0.307 e. The smallest absolute Gasteiger partial charge is 0.307 e. The molecule has 1 aromatic carbocycles. The molecule has 0 unspecified atom stereocenters. The van der Waals surface area contributed by atoms with Gasteiger partial charge in [-0.15, -0.1) is 0 Å². The lowest BCUT2D eigenvalue weighted by Gasteiger charge is -2.35. The van der Waals surface area contributed by atoms with Crippen molar-refractivity contribution in [2.24, 2.45) is 5.10 Å². The molecular weight excluding hydrogens is 462 g/mol. The van der Waals surface area contributed by atoms with Gasteiger partial charge in [-0.1, -0.05) is 12.5 Å². The highest BCUT2D eigenvalue weighted by molar-refractivity contribution is 5.83. The van der Waals surface area contributed by atoms with Crippen molar-refractivity contribution in [3.05, 3.63) is 81.9 Å². The number of piperidine rings is 1. The van der Waals surface area contributed by atoms with E-state index < -0.39 is 4.92 Å². The molecule has 1 N–H and O–H groups in total. The van der Waals surface area contributed by atoms with E-state index in [1.54, 1.807) is 25.6 Å². The van der Waals surface area contributed by atoms with Gasteiger partial charge < -0.3 is 4.74 Å². The van der Waals surface area contributed by atoms with Gasteiger partial charge in [-0.3, -0.25) is 29.5 Å². The average molecular weight is 492 g/mol. The first kappa shape index (κ1) is 25.0. The summed E-state index contributed by atoms with van der Waals surface area (Å²) in [6, 6.07) is 9.78. The van der Waals surface area contributed by atoms with Crippen LogP contribution in [0.3, 0.4) is 0 Å². The molecule has 1 atom stereocenters. The first-order valence-corrected chi connectivity index (χ1v) is 11.8. The van der Waals surface area contributed by atoms with Gasteiger partial charge in [0.15, 0.2) is 0 Å².